The van der Waals surface area contributed by atoms with Gasteiger partial charge in [-0.15, -0.1) is 21.5 Å². The van der Waals surface area contributed by atoms with Gasteiger partial charge in [-0.2, -0.15) is 4.31 Å². The topological polar surface area (TPSA) is 63.2 Å². The van der Waals surface area contributed by atoms with Crippen LogP contribution in [-0.4, -0.2) is 36.0 Å². The summed E-state index contributed by atoms with van der Waals surface area (Å²) in [5, 5.41) is 11.6. The zero-order chi connectivity index (χ0) is 18.9. The first-order valence-corrected chi connectivity index (χ1v) is 12.2. The van der Waals surface area contributed by atoms with Crippen LogP contribution in [0, 0.1) is 5.92 Å². The second kappa shape index (κ2) is 8.15. The van der Waals surface area contributed by atoms with Gasteiger partial charge in [-0.3, -0.25) is 0 Å². The molecular weight excluding hydrogens is 402 g/mol. The van der Waals surface area contributed by atoms with Gasteiger partial charge < -0.3 is 0 Å². The fourth-order valence-electron chi connectivity index (χ4n) is 4.07. The molecule has 0 unspecified atom stereocenters. The molecular formula is C19H24ClN3O2S2. The Morgan fingerprint density at radius 2 is 1.70 bits per heavy atom. The molecule has 2 fully saturated rings. The normalized spacial score (nSPS) is 20.3. The maximum Gasteiger partial charge on any atom is 0.243 e. The summed E-state index contributed by atoms with van der Waals surface area (Å²) in [6, 6.07) is 6.39. The van der Waals surface area contributed by atoms with Crippen molar-refractivity contribution in [3.63, 3.8) is 0 Å². The van der Waals surface area contributed by atoms with E-state index in [1.165, 1.54) is 25.7 Å². The Balaban J connectivity index is 1.37. The molecule has 0 radical (unpaired) electrons. The zero-order valence-corrected chi connectivity index (χ0v) is 17.6. The van der Waals surface area contributed by atoms with Crippen LogP contribution in [0.5, 0.6) is 0 Å². The van der Waals surface area contributed by atoms with E-state index < -0.39 is 10.0 Å². The second-order valence-electron chi connectivity index (χ2n) is 7.52. The average Bonchev–Trinajstić information content (AvgIpc) is 3.35. The third kappa shape index (κ3) is 4.36. The lowest BCUT2D eigenvalue weighted by Gasteiger charge is -2.30. The number of nitrogens with zero attached hydrogens (tertiary/aromatic N) is 3. The molecule has 2 aliphatic rings. The van der Waals surface area contributed by atoms with E-state index in [2.05, 4.69) is 10.2 Å². The van der Waals surface area contributed by atoms with E-state index in [9.17, 15) is 8.42 Å². The number of sulfonamides is 1. The van der Waals surface area contributed by atoms with Crippen molar-refractivity contribution in [3.05, 3.63) is 39.3 Å². The minimum atomic E-state index is -3.45. The lowest BCUT2D eigenvalue weighted by Crippen LogP contribution is -2.37. The highest BCUT2D eigenvalue weighted by molar-refractivity contribution is 7.89. The average molecular weight is 426 g/mol. The van der Waals surface area contributed by atoms with Gasteiger partial charge in [-0.05, 0) is 43.0 Å². The number of hydrogen-bond acceptors (Lipinski definition) is 5. The standard InChI is InChI=1S/C19H24ClN3O2S2/c20-16-5-7-17(8-6-16)27(24,25)23-11-9-15(10-12-23)19-22-21-18(26-19)13-14-3-1-2-4-14/h5-8,14-15H,1-4,9-13H2. The predicted molar refractivity (Wildman–Crippen MR) is 108 cm³/mol. The van der Waals surface area contributed by atoms with Gasteiger partial charge in [-0.25, -0.2) is 8.42 Å². The molecule has 27 heavy (non-hydrogen) atoms. The lowest BCUT2D eigenvalue weighted by atomic mass is 9.99. The summed E-state index contributed by atoms with van der Waals surface area (Å²) >= 11 is 7.60. The number of hydrogen-bond donors (Lipinski definition) is 0. The Labute approximate surface area is 169 Å². The summed E-state index contributed by atoms with van der Waals surface area (Å²) in [4.78, 5) is 0.306. The van der Waals surface area contributed by atoms with Crippen molar-refractivity contribution in [2.75, 3.05) is 13.1 Å². The van der Waals surface area contributed by atoms with E-state index in [1.807, 2.05) is 0 Å². The van der Waals surface area contributed by atoms with E-state index in [0.29, 0.717) is 28.9 Å². The van der Waals surface area contributed by atoms with Crippen LogP contribution < -0.4 is 0 Å². The number of rotatable bonds is 5. The third-order valence-electron chi connectivity index (χ3n) is 5.68. The lowest BCUT2D eigenvalue weighted by molar-refractivity contribution is 0.318. The summed E-state index contributed by atoms with van der Waals surface area (Å²) in [5.74, 6) is 1.09. The van der Waals surface area contributed by atoms with Crippen LogP contribution in [-0.2, 0) is 16.4 Å². The van der Waals surface area contributed by atoms with Crippen LogP contribution in [0.1, 0.15) is 54.5 Å². The van der Waals surface area contributed by atoms with Gasteiger partial charge in [0.1, 0.15) is 10.0 Å². The van der Waals surface area contributed by atoms with Crippen LogP contribution in [0.3, 0.4) is 0 Å². The first-order chi connectivity index (χ1) is 13.0. The number of halogens is 1. The largest absolute Gasteiger partial charge is 0.243 e. The van der Waals surface area contributed by atoms with Crippen LogP contribution in [0.25, 0.3) is 0 Å². The van der Waals surface area contributed by atoms with Crippen molar-refractivity contribution in [2.45, 2.75) is 55.8 Å². The van der Waals surface area contributed by atoms with Crippen molar-refractivity contribution < 1.29 is 8.42 Å². The molecule has 1 aliphatic heterocycles. The molecule has 0 amide bonds. The highest BCUT2D eigenvalue weighted by Crippen LogP contribution is 2.34. The molecule has 2 aromatic rings. The fourth-order valence-corrected chi connectivity index (χ4v) is 6.80. The van der Waals surface area contributed by atoms with Gasteiger partial charge in [0.2, 0.25) is 10.0 Å². The second-order valence-corrected chi connectivity index (χ2v) is 11.0. The molecule has 1 aromatic carbocycles. The van der Waals surface area contributed by atoms with Crippen LogP contribution in [0.4, 0.5) is 0 Å². The maximum absolute atomic E-state index is 12.8. The summed E-state index contributed by atoms with van der Waals surface area (Å²) in [7, 11) is -3.45. The molecule has 1 aliphatic carbocycles. The fraction of sp³-hybridized carbons (Fsp3) is 0.579. The molecule has 5 nitrogen and oxygen atoms in total. The monoisotopic (exact) mass is 425 g/mol. The smallest absolute Gasteiger partial charge is 0.207 e. The first-order valence-electron chi connectivity index (χ1n) is 9.60. The summed E-state index contributed by atoms with van der Waals surface area (Å²) in [6.45, 7) is 1.04. The minimum Gasteiger partial charge on any atom is -0.207 e. The molecule has 0 spiro atoms. The Hall–Kier alpha value is -1.02. The van der Waals surface area contributed by atoms with Crippen molar-refractivity contribution in [2.24, 2.45) is 5.92 Å². The summed E-state index contributed by atoms with van der Waals surface area (Å²) in [5.41, 5.74) is 0. The number of benzene rings is 1. The van der Waals surface area contributed by atoms with Crippen molar-refractivity contribution >= 4 is 33.0 Å². The highest BCUT2D eigenvalue weighted by atomic mass is 35.5. The predicted octanol–water partition coefficient (Wildman–Crippen LogP) is 4.49. The van der Waals surface area contributed by atoms with Gasteiger partial charge in [-0.1, -0.05) is 37.3 Å². The third-order valence-corrected chi connectivity index (χ3v) is 8.95. The Morgan fingerprint density at radius 3 is 2.37 bits per heavy atom. The molecule has 0 bridgehead atoms. The Kier molecular flexibility index (Phi) is 5.83. The van der Waals surface area contributed by atoms with Crippen molar-refractivity contribution in [1.29, 1.82) is 0 Å². The molecule has 8 heteroatoms. The minimum absolute atomic E-state index is 0.306. The van der Waals surface area contributed by atoms with Gasteiger partial charge in [0.15, 0.2) is 0 Å². The van der Waals surface area contributed by atoms with E-state index in [1.54, 1.807) is 39.9 Å². The van der Waals surface area contributed by atoms with E-state index in [0.717, 1.165) is 35.2 Å². The van der Waals surface area contributed by atoms with E-state index in [-0.39, 0.29) is 0 Å². The SMILES string of the molecule is O=S(=O)(c1ccc(Cl)cc1)N1CCC(c2nnc(CC3CCCC3)s2)CC1. The molecule has 4 rings (SSSR count). The van der Waals surface area contributed by atoms with Crippen LogP contribution >= 0.6 is 22.9 Å². The molecule has 0 N–H and O–H groups in total. The number of piperidine rings is 1. The maximum atomic E-state index is 12.8. The zero-order valence-electron chi connectivity index (χ0n) is 15.2. The summed E-state index contributed by atoms with van der Waals surface area (Å²) < 4.78 is 27.2. The van der Waals surface area contributed by atoms with Gasteiger partial charge in [0.05, 0.1) is 4.90 Å². The van der Waals surface area contributed by atoms with Crippen LogP contribution in [0.2, 0.25) is 5.02 Å². The molecule has 1 aromatic heterocycles. The van der Waals surface area contributed by atoms with Crippen molar-refractivity contribution in [1.82, 2.24) is 14.5 Å². The first kappa shape index (κ1) is 19.3. The van der Waals surface area contributed by atoms with Crippen LogP contribution in [0.15, 0.2) is 29.2 Å². The Morgan fingerprint density at radius 1 is 1.04 bits per heavy atom. The summed E-state index contributed by atoms with van der Waals surface area (Å²) in [6.07, 6.45) is 7.97. The molecule has 1 saturated carbocycles. The molecule has 2 heterocycles. The quantitative estimate of drug-likeness (QED) is 0.707. The molecule has 0 atom stereocenters. The molecule has 146 valence electrons. The van der Waals surface area contributed by atoms with Gasteiger partial charge >= 0.3 is 0 Å². The van der Waals surface area contributed by atoms with Crippen molar-refractivity contribution in [3.8, 4) is 0 Å². The van der Waals surface area contributed by atoms with E-state index in [4.69, 9.17) is 11.6 Å². The van der Waals surface area contributed by atoms with Gasteiger partial charge in [0.25, 0.3) is 0 Å². The number of aromatic nitrogens is 2. The molecule has 1 saturated heterocycles. The Bertz CT molecular complexity index is 869. The van der Waals surface area contributed by atoms with E-state index >= 15 is 0 Å². The highest BCUT2D eigenvalue weighted by Gasteiger charge is 2.31. The van der Waals surface area contributed by atoms with Gasteiger partial charge in [0, 0.05) is 30.5 Å².